The maximum absolute atomic E-state index is 8.52. The van der Waals surface area contributed by atoms with Gasteiger partial charge in [-0.05, 0) is 0 Å². The molecule has 4 nitrogen and oxygen atoms in total. The van der Waals surface area contributed by atoms with E-state index in [9.17, 15) is 0 Å². The van der Waals surface area contributed by atoms with Gasteiger partial charge in [0, 0.05) is 10.4 Å². The first-order valence-corrected chi connectivity index (χ1v) is 4.24. The number of hydrogen-bond acceptors (Lipinski definition) is 4. The van der Waals surface area contributed by atoms with Gasteiger partial charge in [-0.1, -0.05) is 0 Å². The van der Waals surface area contributed by atoms with Crippen LogP contribution in [0.25, 0.3) is 0 Å². The molecule has 0 unspecified atom stereocenters. The SMILES string of the molecule is O=S(=O)([O-])[O-].[Cl][Rh+2]. The summed E-state index contributed by atoms with van der Waals surface area (Å²) in [6.07, 6.45) is 0. The van der Waals surface area contributed by atoms with E-state index >= 15 is 0 Å². The van der Waals surface area contributed by atoms with Crippen LogP contribution in [0.4, 0.5) is 0 Å². The Morgan fingerprint density at radius 3 is 1.29 bits per heavy atom. The third kappa shape index (κ3) is 253. The fraction of sp³-hybridized carbons (Fsp3) is 0. The molecule has 0 aliphatic rings. The van der Waals surface area contributed by atoms with E-state index < -0.39 is 10.4 Å². The van der Waals surface area contributed by atoms with Crippen molar-refractivity contribution in [2.75, 3.05) is 0 Å². The summed E-state index contributed by atoms with van der Waals surface area (Å²) in [7, 11) is -0.638. The summed E-state index contributed by atoms with van der Waals surface area (Å²) in [6.45, 7) is 0. The van der Waals surface area contributed by atoms with Crippen LogP contribution in [0.5, 0.6) is 0 Å². The molecule has 0 fully saturated rings. The molecule has 0 aliphatic carbocycles. The van der Waals surface area contributed by atoms with Crippen molar-refractivity contribution in [2.24, 2.45) is 0 Å². The fourth-order valence-corrected chi connectivity index (χ4v) is 0. The Balaban J connectivity index is 0. The molecule has 7 heteroatoms. The van der Waals surface area contributed by atoms with Crippen molar-refractivity contribution in [3.8, 4) is 0 Å². The number of hydrogen-bond donors (Lipinski definition) is 0. The van der Waals surface area contributed by atoms with Crippen LogP contribution in [0.2, 0.25) is 0 Å². The summed E-state index contributed by atoms with van der Waals surface area (Å²) in [5, 5.41) is 0. The maximum atomic E-state index is 8.52. The Bertz CT molecular complexity index is 94.9. The molecular formula is ClO4RhS. The molecule has 0 aromatic rings. The molecule has 0 saturated heterocycles. The zero-order valence-corrected chi connectivity index (χ0v) is 5.96. The molecule has 0 aromatic carbocycles. The molecule has 0 rings (SSSR count). The number of rotatable bonds is 0. The summed E-state index contributed by atoms with van der Waals surface area (Å²) in [5.74, 6) is 0. The van der Waals surface area contributed by atoms with Crippen LogP contribution < -0.4 is 0 Å². The van der Waals surface area contributed by atoms with Gasteiger partial charge in [-0.15, -0.1) is 0 Å². The van der Waals surface area contributed by atoms with Crippen LogP contribution in [0.15, 0.2) is 0 Å². The number of halogens is 1. The first-order chi connectivity index (χ1) is 3.00. The second-order valence-electron chi connectivity index (χ2n) is 0.408. The van der Waals surface area contributed by atoms with E-state index in [0.717, 1.165) is 0 Å². The van der Waals surface area contributed by atoms with Crippen LogP contribution in [0.3, 0.4) is 0 Å². The molecule has 7 heavy (non-hydrogen) atoms. The van der Waals surface area contributed by atoms with E-state index in [1.165, 1.54) is 0 Å². The molecule has 46 valence electrons. The third-order valence-electron chi connectivity index (χ3n) is 0. The van der Waals surface area contributed by atoms with Gasteiger partial charge in [-0.2, -0.15) is 0 Å². The van der Waals surface area contributed by atoms with Gasteiger partial charge in [0.1, 0.15) is 0 Å². The van der Waals surface area contributed by atoms with Gasteiger partial charge in [0.15, 0.2) is 0 Å². The van der Waals surface area contributed by atoms with Gasteiger partial charge >= 0.3 is 27.0 Å². The van der Waals surface area contributed by atoms with Gasteiger partial charge in [0.2, 0.25) is 0 Å². The summed E-state index contributed by atoms with van der Waals surface area (Å²) >= 11 is 2.02. The van der Waals surface area contributed by atoms with Crippen LogP contribution in [0, 0.1) is 0 Å². The molecule has 0 N–H and O–H groups in total. The van der Waals surface area contributed by atoms with Crippen LogP contribution in [-0.4, -0.2) is 17.5 Å². The van der Waals surface area contributed by atoms with Crippen LogP contribution in [-0.2, 0) is 27.7 Å². The minimum absolute atomic E-state index is 2.02. The Kier molecular flexibility index (Phi) is 7.54. The average molecular weight is 234 g/mol. The van der Waals surface area contributed by atoms with E-state index in [0.29, 0.717) is 0 Å². The van der Waals surface area contributed by atoms with Crippen molar-refractivity contribution in [1.82, 2.24) is 0 Å². The monoisotopic (exact) mass is 234 g/mol. The normalized spacial score (nSPS) is 9.14. The zero-order valence-electron chi connectivity index (χ0n) is 2.75. The first-order valence-electron chi connectivity index (χ1n) is 0.793. The summed E-state index contributed by atoms with van der Waals surface area (Å²) in [6, 6.07) is 0. The molecule has 0 bridgehead atoms. The van der Waals surface area contributed by atoms with Gasteiger partial charge in [0.25, 0.3) is 0 Å². The Morgan fingerprint density at radius 1 is 1.29 bits per heavy atom. The van der Waals surface area contributed by atoms with E-state index in [4.69, 9.17) is 17.5 Å². The zero-order chi connectivity index (χ0) is 6.50. The fourth-order valence-electron chi connectivity index (χ4n) is 0. The molecule has 0 amide bonds. The van der Waals surface area contributed by atoms with Crippen LogP contribution >= 0.6 is 9.69 Å². The predicted molar refractivity (Wildman–Crippen MR) is 16.3 cm³/mol. The van der Waals surface area contributed by atoms with E-state index in [1.807, 2.05) is 17.3 Å². The van der Waals surface area contributed by atoms with Crippen molar-refractivity contribution in [3.05, 3.63) is 0 Å². The van der Waals surface area contributed by atoms with Gasteiger partial charge in [0.05, 0.1) is 0 Å². The standard InChI is InChI=1S/ClH.H2O4S.Rh/c;1-5(2,3)4;/h1H;(H2,1,2,3,4);/q;;+3/p-3. The molecular weight excluding hydrogens is 234 g/mol. The molecule has 0 saturated carbocycles. The Labute approximate surface area is 55.2 Å². The average Bonchev–Trinajstić information content (AvgIpc) is 1.36. The second-order valence-corrected chi connectivity index (χ2v) is 1.22. The Morgan fingerprint density at radius 2 is 1.29 bits per heavy atom. The van der Waals surface area contributed by atoms with Crippen molar-refractivity contribution < 1.29 is 34.8 Å². The van der Waals surface area contributed by atoms with E-state index in [-0.39, 0.29) is 0 Å². The predicted octanol–water partition coefficient (Wildman–Crippen LogP) is -0.651. The first kappa shape index (κ1) is 10.7. The molecule has 0 radical (unpaired) electrons. The van der Waals surface area contributed by atoms with Gasteiger partial charge < -0.3 is 9.11 Å². The van der Waals surface area contributed by atoms with Crippen molar-refractivity contribution >= 4 is 20.1 Å². The van der Waals surface area contributed by atoms with Crippen molar-refractivity contribution in [2.45, 2.75) is 0 Å². The molecule has 0 heterocycles. The quantitative estimate of drug-likeness (QED) is 0.317. The van der Waals surface area contributed by atoms with Crippen LogP contribution in [0.1, 0.15) is 0 Å². The molecule has 0 aromatic heterocycles. The third-order valence-corrected chi connectivity index (χ3v) is 0. The molecule has 0 spiro atoms. The summed E-state index contributed by atoms with van der Waals surface area (Å²) < 4.78 is 34.1. The summed E-state index contributed by atoms with van der Waals surface area (Å²) in [5.41, 5.74) is 0. The van der Waals surface area contributed by atoms with Crippen molar-refractivity contribution in [3.63, 3.8) is 0 Å². The minimum atomic E-state index is -5.17. The molecule has 0 atom stereocenters. The second kappa shape index (κ2) is 4.93. The topological polar surface area (TPSA) is 80.3 Å². The van der Waals surface area contributed by atoms with Gasteiger partial charge in [-0.3, -0.25) is 8.42 Å². The van der Waals surface area contributed by atoms with E-state index in [1.54, 1.807) is 0 Å². The Hall–Kier alpha value is 0.783. The van der Waals surface area contributed by atoms with Crippen molar-refractivity contribution in [1.29, 1.82) is 0 Å². The summed E-state index contributed by atoms with van der Waals surface area (Å²) in [4.78, 5) is 0. The van der Waals surface area contributed by atoms with E-state index in [2.05, 4.69) is 9.69 Å². The van der Waals surface area contributed by atoms with Gasteiger partial charge in [-0.25, -0.2) is 0 Å². The molecule has 0 aliphatic heterocycles.